The van der Waals surface area contributed by atoms with Crippen molar-refractivity contribution in [2.24, 2.45) is 5.92 Å². The summed E-state index contributed by atoms with van der Waals surface area (Å²) in [5.74, 6) is 1.01. The van der Waals surface area contributed by atoms with Gasteiger partial charge in [-0.15, -0.1) is 0 Å². The summed E-state index contributed by atoms with van der Waals surface area (Å²) in [4.78, 5) is 16.6. The Hall–Kier alpha value is -2.62. The number of nitrogens with zero attached hydrogens (tertiary/aromatic N) is 1. The van der Waals surface area contributed by atoms with E-state index < -0.39 is 0 Å². The van der Waals surface area contributed by atoms with Crippen molar-refractivity contribution in [2.45, 2.75) is 38.8 Å². The number of carbonyl (C=O) groups excluding carboxylic acids is 1. The van der Waals surface area contributed by atoms with Gasteiger partial charge in [-0.3, -0.25) is 9.78 Å². The maximum atomic E-state index is 12.4. The third-order valence-electron chi connectivity index (χ3n) is 4.47. The highest BCUT2D eigenvalue weighted by Gasteiger charge is 2.20. The number of ether oxygens (including phenoxy) is 1. The second kappa shape index (κ2) is 8.47. The van der Waals surface area contributed by atoms with Gasteiger partial charge in [-0.1, -0.05) is 30.4 Å². The average molecular weight is 336 g/mol. The van der Waals surface area contributed by atoms with Gasteiger partial charge in [-0.2, -0.15) is 0 Å². The molecular formula is C21H24N2O2. The first kappa shape index (κ1) is 17.2. The number of aromatic nitrogens is 1. The summed E-state index contributed by atoms with van der Waals surface area (Å²) in [5, 5.41) is 3.13. The maximum Gasteiger partial charge on any atom is 0.223 e. The average Bonchev–Trinajstić information content (AvgIpc) is 2.68. The molecule has 2 atom stereocenters. The number of carbonyl (C=O) groups is 1. The molecule has 0 fully saturated rings. The van der Waals surface area contributed by atoms with Gasteiger partial charge in [-0.05, 0) is 56.0 Å². The number of hydrogen-bond donors (Lipinski definition) is 1. The monoisotopic (exact) mass is 336 g/mol. The topological polar surface area (TPSA) is 51.2 Å². The van der Waals surface area contributed by atoms with Crippen molar-refractivity contribution in [3.8, 4) is 5.75 Å². The molecular weight excluding hydrogens is 312 g/mol. The van der Waals surface area contributed by atoms with Crippen LogP contribution >= 0.6 is 0 Å². The molecule has 3 rings (SSSR count). The first-order valence-electron chi connectivity index (χ1n) is 8.80. The van der Waals surface area contributed by atoms with E-state index in [1.165, 1.54) is 0 Å². The Morgan fingerprint density at radius 1 is 1.28 bits per heavy atom. The zero-order chi connectivity index (χ0) is 17.5. The number of allylic oxidation sites excluding steroid dienone is 2. The highest BCUT2D eigenvalue weighted by atomic mass is 16.5. The predicted molar refractivity (Wildman–Crippen MR) is 98.0 cm³/mol. The quantitative estimate of drug-likeness (QED) is 0.805. The van der Waals surface area contributed by atoms with Crippen LogP contribution in [0.15, 0.2) is 60.8 Å². The minimum atomic E-state index is -0.0446. The van der Waals surface area contributed by atoms with Gasteiger partial charge in [0.05, 0.1) is 11.7 Å². The first-order valence-corrected chi connectivity index (χ1v) is 8.80. The third kappa shape index (κ3) is 4.92. The van der Waals surface area contributed by atoms with Crippen molar-refractivity contribution < 1.29 is 9.53 Å². The molecule has 1 heterocycles. The Balaban J connectivity index is 1.58. The number of nitrogens with one attached hydrogen (secondary N) is 1. The second-order valence-electron chi connectivity index (χ2n) is 6.39. The van der Waals surface area contributed by atoms with Crippen LogP contribution in [0, 0.1) is 5.92 Å². The fourth-order valence-electron chi connectivity index (χ4n) is 2.96. The molecule has 0 aliphatic heterocycles. The summed E-state index contributed by atoms with van der Waals surface area (Å²) in [5.41, 5.74) is 1.93. The largest absolute Gasteiger partial charge is 0.487 e. The summed E-state index contributed by atoms with van der Waals surface area (Å²) in [6.07, 6.45) is 8.77. The molecule has 130 valence electrons. The van der Waals surface area contributed by atoms with E-state index >= 15 is 0 Å². The van der Waals surface area contributed by atoms with Crippen LogP contribution < -0.4 is 10.1 Å². The van der Waals surface area contributed by atoms with Crippen LogP contribution in [0.4, 0.5) is 0 Å². The van der Waals surface area contributed by atoms with E-state index in [1.807, 2.05) is 49.4 Å². The van der Waals surface area contributed by atoms with Gasteiger partial charge in [-0.25, -0.2) is 0 Å². The van der Waals surface area contributed by atoms with Crippen LogP contribution in [0.3, 0.4) is 0 Å². The molecule has 25 heavy (non-hydrogen) atoms. The highest BCUT2D eigenvalue weighted by Crippen LogP contribution is 2.22. The SMILES string of the molecule is C[C@@H](NC(=O)[C@@H]1CC=CCC1)c1cccc(OCc2ccccn2)c1. The number of hydrogen-bond acceptors (Lipinski definition) is 3. The van der Waals surface area contributed by atoms with Crippen LogP contribution in [0.5, 0.6) is 5.75 Å². The fraction of sp³-hybridized carbons (Fsp3) is 0.333. The summed E-state index contributed by atoms with van der Waals surface area (Å²) in [6, 6.07) is 13.6. The van der Waals surface area contributed by atoms with Gasteiger partial charge >= 0.3 is 0 Å². The van der Waals surface area contributed by atoms with E-state index in [4.69, 9.17) is 4.74 Å². The summed E-state index contributed by atoms with van der Waals surface area (Å²) in [6.45, 7) is 2.44. The molecule has 0 unspecified atom stereocenters. The van der Waals surface area contributed by atoms with E-state index in [0.717, 1.165) is 36.3 Å². The van der Waals surface area contributed by atoms with Crippen LogP contribution in [0.25, 0.3) is 0 Å². The standard InChI is InChI=1S/C21H24N2O2/c1-16(23-21(24)17-8-3-2-4-9-17)18-10-7-12-20(14-18)25-15-19-11-5-6-13-22-19/h2-3,5-7,10-14,16-17H,4,8-9,15H2,1H3,(H,23,24)/t16-,17-/m1/s1. The van der Waals surface area contributed by atoms with Gasteiger partial charge in [0.15, 0.2) is 0 Å². The molecule has 0 radical (unpaired) electrons. The van der Waals surface area contributed by atoms with Crippen molar-refractivity contribution in [1.29, 1.82) is 0 Å². The summed E-state index contributed by atoms with van der Waals surface area (Å²) >= 11 is 0. The van der Waals surface area contributed by atoms with Crippen molar-refractivity contribution >= 4 is 5.91 Å². The van der Waals surface area contributed by atoms with Crippen molar-refractivity contribution in [3.63, 3.8) is 0 Å². The van der Waals surface area contributed by atoms with E-state index in [9.17, 15) is 4.79 Å². The minimum absolute atomic E-state index is 0.0446. The zero-order valence-corrected chi connectivity index (χ0v) is 14.5. The normalized spacial score (nSPS) is 17.7. The molecule has 1 aromatic heterocycles. The summed E-state index contributed by atoms with van der Waals surface area (Å²) in [7, 11) is 0. The van der Waals surface area contributed by atoms with Gasteiger partial charge in [0, 0.05) is 12.1 Å². The lowest BCUT2D eigenvalue weighted by atomic mass is 9.93. The van der Waals surface area contributed by atoms with E-state index in [0.29, 0.717) is 6.61 Å². The Kier molecular flexibility index (Phi) is 5.83. The highest BCUT2D eigenvalue weighted by molar-refractivity contribution is 5.79. The van der Waals surface area contributed by atoms with Crippen molar-refractivity contribution in [1.82, 2.24) is 10.3 Å². The van der Waals surface area contributed by atoms with Gasteiger partial charge < -0.3 is 10.1 Å². The molecule has 4 nitrogen and oxygen atoms in total. The molecule has 1 amide bonds. The Morgan fingerprint density at radius 3 is 2.96 bits per heavy atom. The molecule has 0 saturated carbocycles. The Bertz CT molecular complexity index is 728. The molecule has 1 N–H and O–H groups in total. The number of benzene rings is 1. The van der Waals surface area contributed by atoms with E-state index in [-0.39, 0.29) is 17.9 Å². The van der Waals surface area contributed by atoms with Crippen molar-refractivity contribution in [3.05, 3.63) is 72.1 Å². The lowest BCUT2D eigenvalue weighted by Crippen LogP contribution is -2.33. The molecule has 4 heteroatoms. The molecule has 0 bridgehead atoms. The van der Waals surface area contributed by atoms with E-state index in [2.05, 4.69) is 22.5 Å². The fourth-order valence-corrected chi connectivity index (χ4v) is 2.96. The minimum Gasteiger partial charge on any atom is -0.487 e. The molecule has 1 aliphatic carbocycles. The molecule has 2 aromatic rings. The third-order valence-corrected chi connectivity index (χ3v) is 4.47. The Labute approximate surface area is 148 Å². The van der Waals surface area contributed by atoms with Crippen LogP contribution in [0.2, 0.25) is 0 Å². The van der Waals surface area contributed by atoms with Crippen LogP contribution in [-0.2, 0) is 11.4 Å². The molecule has 0 saturated heterocycles. The van der Waals surface area contributed by atoms with Gasteiger partial charge in [0.25, 0.3) is 0 Å². The van der Waals surface area contributed by atoms with Crippen LogP contribution in [-0.4, -0.2) is 10.9 Å². The van der Waals surface area contributed by atoms with Crippen LogP contribution in [0.1, 0.15) is 43.5 Å². The first-order chi connectivity index (χ1) is 12.2. The molecule has 0 spiro atoms. The Morgan fingerprint density at radius 2 is 2.20 bits per heavy atom. The van der Waals surface area contributed by atoms with Gasteiger partial charge in [0.1, 0.15) is 12.4 Å². The van der Waals surface area contributed by atoms with Crippen molar-refractivity contribution in [2.75, 3.05) is 0 Å². The lowest BCUT2D eigenvalue weighted by molar-refractivity contribution is -0.125. The maximum absolute atomic E-state index is 12.4. The summed E-state index contributed by atoms with van der Waals surface area (Å²) < 4.78 is 5.82. The number of pyridine rings is 1. The predicted octanol–water partition coefficient (Wildman–Crippen LogP) is 4.19. The smallest absolute Gasteiger partial charge is 0.223 e. The van der Waals surface area contributed by atoms with Gasteiger partial charge in [0.2, 0.25) is 5.91 Å². The zero-order valence-electron chi connectivity index (χ0n) is 14.5. The van der Waals surface area contributed by atoms with E-state index in [1.54, 1.807) is 6.20 Å². The molecule has 1 aromatic carbocycles. The number of rotatable bonds is 6. The molecule has 1 aliphatic rings. The lowest BCUT2D eigenvalue weighted by Gasteiger charge is -2.21. The second-order valence-corrected chi connectivity index (χ2v) is 6.39. The number of amides is 1.